The van der Waals surface area contributed by atoms with E-state index in [0.717, 1.165) is 22.6 Å². The van der Waals surface area contributed by atoms with Gasteiger partial charge in [-0.2, -0.15) is 0 Å². The second kappa shape index (κ2) is 4.91. The first-order valence-corrected chi connectivity index (χ1v) is 5.75. The van der Waals surface area contributed by atoms with Crippen molar-refractivity contribution in [3.05, 3.63) is 59.7 Å². The molecule has 0 fully saturated rings. The summed E-state index contributed by atoms with van der Waals surface area (Å²) in [6.07, 6.45) is 0.0247. The van der Waals surface area contributed by atoms with Crippen LogP contribution in [0.1, 0.15) is 24.2 Å². The van der Waals surface area contributed by atoms with E-state index in [2.05, 4.69) is 12.1 Å². The molecule has 0 bridgehead atoms. The summed E-state index contributed by atoms with van der Waals surface area (Å²) >= 11 is 0. The summed E-state index contributed by atoms with van der Waals surface area (Å²) in [6, 6.07) is 15.9. The molecule has 88 valence electrons. The third kappa shape index (κ3) is 2.59. The number of hydrogen-bond donors (Lipinski definition) is 1. The Morgan fingerprint density at radius 1 is 1.00 bits per heavy atom. The Hall–Kier alpha value is -1.96. The van der Waals surface area contributed by atoms with Crippen LogP contribution < -0.4 is 10.5 Å². The summed E-state index contributed by atoms with van der Waals surface area (Å²) in [5, 5.41) is 0. The minimum atomic E-state index is 0.0247. The molecule has 0 aliphatic rings. The van der Waals surface area contributed by atoms with Crippen molar-refractivity contribution in [1.82, 2.24) is 0 Å². The van der Waals surface area contributed by atoms with E-state index in [9.17, 15) is 0 Å². The molecule has 17 heavy (non-hydrogen) atoms. The van der Waals surface area contributed by atoms with E-state index in [1.54, 1.807) is 0 Å². The van der Waals surface area contributed by atoms with Gasteiger partial charge >= 0.3 is 0 Å². The van der Waals surface area contributed by atoms with Gasteiger partial charge in [0.15, 0.2) is 0 Å². The summed E-state index contributed by atoms with van der Waals surface area (Å²) in [4.78, 5) is 0. The molecular weight excluding hydrogens is 210 g/mol. The van der Waals surface area contributed by atoms with Gasteiger partial charge in [-0.3, -0.25) is 0 Å². The highest BCUT2D eigenvalue weighted by molar-refractivity contribution is 5.53. The maximum absolute atomic E-state index is 5.93. The van der Waals surface area contributed by atoms with Crippen LogP contribution in [-0.2, 0) is 0 Å². The Morgan fingerprint density at radius 2 is 1.71 bits per heavy atom. The maximum atomic E-state index is 5.93. The number of ether oxygens (including phenoxy) is 1. The topological polar surface area (TPSA) is 35.2 Å². The second-order valence-electron chi connectivity index (χ2n) is 4.14. The minimum absolute atomic E-state index is 0.0247. The molecule has 2 nitrogen and oxygen atoms in total. The van der Waals surface area contributed by atoms with Crippen molar-refractivity contribution in [2.75, 3.05) is 5.73 Å². The van der Waals surface area contributed by atoms with Crippen LogP contribution in [0, 0.1) is 6.92 Å². The SMILES string of the molecule is Cc1c(N)cccc1OC(C)c1ccccc1. The monoisotopic (exact) mass is 227 g/mol. The molecule has 1 unspecified atom stereocenters. The molecule has 1 atom stereocenters. The molecule has 0 radical (unpaired) electrons. The van der Waals surface area contributed by atoms with Crippen LogP contribution in [0.2, 0.25) is 0 Å². The standard InChI is InChI=1S/C15H17NO/c1-11-14(16)9-6-10-15(11)17-12(2)13-7-4-3-5-8-13/h3-10,12H,16H2,1-2H3. The summed E-state index contributed by atoms with van der Waals surface area (Å²) in [6.45, 7) is 4.01. The fourth-order valence-electron chi connectivity index (χ4n) is 1.74. The molecule has 2 aromatic carbocycles. The van der Waals surface area contributed by atoms with Crippen LogP contribution in [0.25, 0.3) is 0 Å². The molecule has 0 heterocycles. The van der Waals surface area contributed by atoms with Crippen LogP contribution in [0.15, 0.2) is 48.5 Å². The van der Waals surface area contributed by atoms with Gasteiger partial charge in [-0.05, 0) is 31.5 Å². The van der Waals surface area contributed by atoms with Crippen molar-refractivity contribution in [2.24, 2.45) is 0 Å². The molecule has 2 heteroatoms. The Balaban J connectivity index is 2.19. The number of anilines is 1. The van der Waals surface area contributed by atoms with Gasteiger partial charge < -0.3 is 10.5 Å². The summed E-state index contributed by atoms with van der Waals surface area (Å²) in [7, 11) is 0. The largest absolute Gasteiger partial charge is 0.486 e. The lowest BCUT2D eigenvalue weighted by Crippen LogP contribution is -2.04. The zero-order valence-corrected chi connectivity index (χ0v) is 10.2. The third-order valence-electron chi connectivity index (χ3n) is 2.90. The lowest BCUT2D eigenvalue weighted by Gasteiger charge is -2.17. The van der Waals surface area contributed by atoms with Crippen LogP contribution in [0.3, 0.4) is 0 Å². The van der Waals surface area contributed by atoms with Gasteiger partial charge in [0.25, 0.3) is 0 Å². The average molecular weight is 227 g/mol. The molecular formula is C15H17NO. The minimum Gasteiger partial charge on any atom is -0.486 e. The first kappa shape index (κ1) is 11.5. The zero-order chi connectivity index (χ0) is 12.3. The number of rotatable bonds is 3. The molecule has 0 aliphatic carbocycles. The van der Waals surface area contributed by atoms with E-state index >= 15 is 0 Å². The summed E-state index contributed by atoms with van der Waals surface area (Å²) < 4.78 is 5.93. The van der Waals surface area contributed by atoms with E-state index in [1.165, 1.54) is 0 Å². The molecule has 0 spiro atoms. The molecule has 2 aromatic rings. The Kier molecular flexibility index (Phi) is 3.33. The molecule has 2 N–H and O–H groups in total. The third-order valence-corrected chi connectivity index (χ3v) is 2.90. The van der Waals surface area contributed by atoms with Crippen molar-refractivity contribution < 1.29 is 4.74 Å². The number of benzene rings is 2. The number of hydrogen-bond acceptors (Lipinski definition) is 2. The highest BCUT2D eigenvalue weighted by atomic mass is 16.5. The second-order valence-corrected chi connectivity index (χ2v) is 4.14. The van der Waals surface area contributed by atoms with Gasteiger partial charge in [0.1, 0.15) is 11.9 Å². The van der Waals surface area contributed by atoms with Crippen molar-refractivity contribution >= 4 is 5.69 Å². The van der Waals surface area contributed by atoms with Gasteiger partial charge in [-0.1, -0.05) is 36.4 Å². The first-order valence-electron chi connectivity index (χ1n) is 5.75. The van der Waals surface area contributed by atoms with Gasteiger partial charge in [0.2, 0.25) is 0 Å². The Bertz CT molecular complexity index is 494. The lowest BCUT2D eigenvalue weighted by molar-refractivity contribution is 0.225. The normalized spacial score (nSPS) is 12.1. The van der Waals surface area contributed by atoms with Crippen molar-refractivity contribution in [1.29, 1.82) is 0 Å². The molecule has 0 saturated heterocycles. The van der Waals surface area contributed by atoms with Crippen LogP contribution in [-0.4, -0.2) is 0 Å². The molecule has 0 amide bonds. The zero-order valence-electron chi connectivity index (χ0n) is 10.2. The number of nitrogen functional groups attached to an aromatic ring is 1. The fraction of sp³-hybridized carbons (Fsp3) is 0.200. The maximum Gasteiger partial charge on any atom is 0.125 e. The molecule has 2 rings (SSSR count). The lowest BCUT2D eigenvalue weighted by atomic mass is 10.1. The fourth-order valence-corrected chi connectivity index (χ4v) is 1.74. The van der Waals surface area contributed by atoms with Crippen LogP contribution in [0.4, 0.5) is 5.69 Å². The van der Waals surface area contributed by atoms with E-state index in [1.807, 2.05) is 50.2 Å². The smallest absolute Gasteiger partial charge is 0.125 e. The van der Waals surface area contributed by atoms with Crippen LogP contribution in [0.5, 0.6) is 5.75 Å². The Morgan fingerprint density at radius 3 is 2.41 bits per heavy atom. The van der Waals surface area contributed by atoms with E-state index < -0.39 is 0 Å². The highest BCUT2D eigenvalue weighted by Crippen LogP contribution is 2.27. The number of nitrogens with two attached hydrogens (primary N) is 1. The molecule has 0 saturated carbocycles. The van der Waals surface area contributed by atoms with Gasteiger partial charge in [0.05, 0.1) is 0 Å². The van der Waals surface area contributed by atoms with Crippen molar-refractivity contribution in [3.63, 3.8) is 0 Å². The van der Waals surface area contributed by atoms with Gasteiger partial charge in [0, 0.05) is 11.3 Å². The predicted molar refractivity (Wildman–Crippen MR) is 71.1 cm³/mol. The van der Waals surface area contributed by atoms with E-state index in [0.29, 0.717) is 0 Å². The highest BCUT2D eigenvalue weighted by Gasteiger charge is 2.09. The Labute approximate surface area is 102 Å². The van der Waals surface area contributed by atoms with Crippen molar-refractivity contribution in [2.45, 2.75) is 20.0 Å². The summed E-state index contributed by atoms with van der Waals surface area (Å²) in [5.74, 6) is 0.848. The van der Waals surface area contributed by atoms with Crippen LogP contribution >= 0.6 is 0 Å². The van der Waals surface area contributed by atoms with Gasteiger partial charge in [-0.15, -0.1) is 0 Å². The average Bonchev–Trinajstić information content (AvgIpc) is 2.36. The first-order chi connectivity index (χ1) is 8.18. The summed E-state index contributed by atoms with van der Waals surface area (Å²) in [5.41, 5.74) is 8.78. The predicted octanol–water partition coefficient (Wildman–Crippen LogP) is 3.72. The molecule has 0 aromatic heterocycles. The van der Waals surface area contributed by atoms with E-state index in [-0.39, 0.29) is 6.10 Å². The molecule has 0 aliphatic heterocycles. The van der Waals surface area contributed by atoms with Gasteiger partial charge in [-0.25, -0.2) is 0 Å². The quantitative estimate of drug-likeness (QED) is 0.811. The van der Waals surface area contributed by atoms with Crippen molar-refractivity contribution in [3.8, 4) is 5.75 Å². The van der Waals surface area contributed by atoms with E-state index in [4.69, 9.17) is 10.5 Å².